The number of nitrogens with zero attached hydrogens (tertiary/aromatic N) is 2. The molecule has 0 amide bonds. The van der Waals surface area contributed by atoms with Crippen LogP contribution in [0, 0.1) is 5.41 Å². The summed E-state index contributed by atoms with van der Waals surface area (Å²) in [6, 6.07) is 3.34. The molecule has 0 saturated carbocycles. The van der Waals surface area contributed by atoms with Gasteiger partial charge in [-0.2, -0.15) is 13.2 Å². The van der Waals surface area contributed by atoms with Crippen molar-refractivity contribution in [3.05, 3.63) is 29.3 Å². The minimum absolute atomic E-state index is 0.0884. The molecule has 1 aliphatic heterocycles. The van der Waals surface area contributed by atoms with Crippen LogP contribution in [-0.2, 0) is 6.18 Å². The lowest BCUT2D eigenvalue weighted by Gasteiger charge is -2.24. The van der Waals surface area contributed by atoms with Crippen LogP contribution < -0.4 is 10.6 Å². The van der Waals surface area contributed by atoms with Gasteiger partial charge in [0.1, 0.15) is 0 Å². The molecule has 1 heterocycles. The number of nitrogens with two attached hydrogens (primary N) is 1. The van der Waals surface area contributed by atoms with Crippen LogP contribution in [0.5, 0.6) is 0 Å². The Bertz CT molecular complexity index is 567. The van der Waals surface area contributed by atoms with E-state index < -0.39 is 11.7 Å². The SMILES string of the molecule is CC1(C)CCN(c2ccc(C(F)(F)F)cc2/C(N)=N/O)C1. The standard InChI is InChI=1S/C14H18F3N3O/c1-13(2)5-6-20(8-13)11-4-3-9(14(15,16)17)7-10(11)12(18)19-21/h3-4,7,21H,5-6,8H2,1-2H3,(H2,18,19). The number of anilines is 1. The van der Waals surface area contributed by atoms with E-state index in [-0.39, 0.29) is 16.8 Å². The molecule has 0 spiro atoms. The Hall–Kier alpha value is -1.92. The van der Waals surface area contributed by atoms with Crippen LogP contribution >= 0.6 is 0 Å². The lowest BCUT2D eigenvalue weighted by Crippen LogP contribution is -2.27. The zero-order valence-electron chi connectivity index (χ0n) is 11.9. The predicted molar refractivity (Wildman–Crippen MR) is 74.6 cm³/mol. The van der Waals surface area contributed by atoms with Crippen LogP contribution in [0.15, 0.2) is 23.4 Å². The maximum absolute atomic E-state index is 12.8. The van der Waals surface area contributed by atoms with Gasteiger partial charge in [0, 0.05) is 24.3 Å². The summed E-state index contributed by atoms with van der Waals surface area (Å²) < 4.78 is 38.4. The predicted octanol–water partition coefficient (Wildman–Crippen LogP) is 3.04. The molecular formula is C14H18F3N3O. The lowest BCUT2D eigenvalue weighted by molar-refractivity contribution is -0.137. The molecular weight excluding hydrogens is 283 g/mol. The summed E-state index contributed by atoms with van der Waals surface area (Å²) in [6.45, 7) is 5.63. The molecule has 1 aliphatic rings. The van der Waals surface area contributed by atoms with Gasteiger partial charge in [-0.15, -0.1) is 0 Å². The third-order valence-electron chi connectivity index (χ3n) is 3.73. The monoisotopic (exact) mass is 301 g/mol. The molecule has 0 unspecified atom stereocenters. The first-order chi connectivity index (χ1) is 9.64. The van der Waals surface area contributed by atoms with Gasteiger partial charge < -0.3 is 15.8 Å². The summed E-state index contributed by atoms with van der Waals surface area (Å²) >= 11 is 0. The molecule has 0 aliphatic carbocycles. The van der Waals surface area contributed by atoms with E-state index in [0.717, 1.165) is 25.1 Å². The van der Waals surface area contributed by atoms with Crippen LogP contribution in [0.25, 0.3) is 0 Å². The van der Waals surface area contributed by atoms with Crippen LogP contribution in [-0.4, -0.2) is 24.1 Å². The molecule has 1 saturated heterocycles. The van der Waals surface area contributed by atoms with Gasteiger partial charge in [-0.1, -0.05) is 19.0 Å². The lowest BCUT2D eigenvalue weighted by atomic mass is 9.93. The highest BCUT2D eigenvalue weighted by Gasteiger charge is 2.34. The van der Waals surface area contributed by atoms with Gasteiger partial charge >= 0.3 is 6.18 Å². The zero-order chi connectivity index (χ0) is 15.8. The number of hydrogen-bond acceptors (Lipinski definition) is 3. The molecule has 21 heavy (non-hydrogen) atoms. The molecule has 116 valence electrons. The molecule has 0 radical (unpaired) electrons. The minimum Gasteiger partial charge on any atom is -0.409 e. The van der Waals surface area contributed by atoms with Gasteiger partial charge in [-0.3, -0.25) is 0 Å². The summed E-state index contributed by atoms with van der Waals surface area (Å²) in [7, 11) is 0. The normalized spacial score (nSPS) is 19.1. The molecule has 1 fully saturated rings. The summed E-state index contributed by atoms with van der Waals surface area (Å²) in [5.41, 5.74) is 5.48. The Kier molecular flexibility index (Phi) is 3.78. The maximum atomic E-state index is 12.8. The van der Waals surface area contributed by atoms with Crippen molar-refractivity contribution in [2.24, 2.45) is 16.3 Å². The number of hydrogen-bond donors (Lipinski definition) is 2. The molecule has 0 bridgehead atoms. The van der Waals surface area contributed by atoms with E-state index in [1.54, 1.807) is 0 Å². The average Bonchev–Trinajstić information content (AvgIpc) is 2.76. The highest BCUT2D eigenvalue weighted by Crippen LogP contribution is 2.37. The number of rotatable bonds is 2. The molecule has 3 N–H and O–H groups in total. The molecule has 7 heteroatoms. The van der Waals surface area contributed by atoms with Gasteiger partial charge in [0.2, 0.25) is 0 Å². The second kappa shape index (κ2) is 5.13. The van der Waals surface area contributed by atoms with Crippen LogP contribution in [0.2, 0.25) is 0 Å². The van der Waals surface area contributed by atoms with E-state index in [2.05, 4.69) is 19.0 Å². The van der Waals surface area contributed by atoms with Crippen molar-refractivity contribution in [3.63, 3.8) is 0 Å². The molecule has 4 nitrogen and oxygen atoms in total. The fourth-order valence-electron chi connectivity index (χ4n) is 2.57. The zero-order valence-corrected chi connectivity index (χ0v) is 11.9. The smallest absolute Gasteiger partial charge is 0.409 e. The van der Waals surface area contributed by atoms with Crippen molar-refractivity contribution in [1.29, 1.82) is 0 Å². The molecule has 0 aromatic heterocycles. The summed E-state index contributed by atoms with van der Waals surface area (Å²) in [6.07, 6.45) is -3.53. The van der Waals surface area contributed by atoms with Gasteiger partial charge in [-0.25, -0.2) is 0 Å². The fraction of sp³-hybridized carbons (Fsp3) is 0.500. The van der Waals surface area contributed by atoms with E-state index in [1.807, 2.05) is 4.90 Å². The maximum Gasteiger partial charge on any atom is 0.416 e. The second-order valence-corrected chi connectivity index (χ2v) is 6.05. The quantitative estimate of drug-likeness (QED) is 0.382. The number of oxime groups is 1. The van der Waals surface area contributed by atoms with Crippen molar-refractivity contribution in [2.45, 2.75) is 26.4 Å². The van der Waals surface area contributed by atoms with Crippen LogP contribution in [0.1, 0.15) is 31.4 Å². The number of alkyl halides is 3. The first-order valence-corrected chi connectivity index (χ1v) is 6.58. The van der Waals surface area contributed by atoms with Gasteiger partial charge in [0.05, 0.1) is 5.56 Å². The highest BCUT2D eigenvalue weighted by molar-refractivity contribution is 6.02. The first kappa shape index (κ1) is 15.5. The Labute approximate surface area is 121 Å². The average molecular weight is 301 g/mol. The third kappa shape index (κ3) is 3.22. The highest BCUT2D eigenvalue weighted by atomic mass is 19.4. The van der Waals surface area contributed by atoms with Crippen LogP contribution in [0.3, 0.4) is 0 Å². The fourth-order valence-corrected chi connectivity index (χ4v) is 2.57. The van der Waals surface area contributed by atoms with Crippen LogP contribution in [0.4, 0.5) is 18.9 Å². The van der Waals surface area contributed by atoms with Crippen molar-refractivity contribution < 1.29 is 18.4 Å². The summed E-state index contributed by atoms with van der Waals surface area (Å²) in [5, 5.41) is 11.7. The van der Waals surface area contributed by atoms with E-state index in [9.17, 15) is 13.2 Å². The van der Waals surface area contributed by atoms with Gasteiger partial charge in [0.15, 0.2) is 5.84 Å². The first-order valence-electron chi connectivity index (χ1n) is 6.58. The summed E-state index contributed by atoms with van der Waals surface area (Å²) in [4.78, 5) is 1.97. The van der Waals surface area contributed by atoms with Crippen molar-refractivity contribution in [2.75, 3.05) is 18.0 Å². The van der Waals surface area contributed by atoms with Crippen molar-refractivity contribution >= 4 is 11.5 Å². The molecule has 1 aromatic carbocycles. The van der Waals surface area contributed by atoms with E-state index in [4.69, 9.17) is 10.9 Å². The van der Waals surface area contributed by atoms with Crippen molar-refractivity contribution in [1.82, 2.24) is 0 Å². The molecule has 2 rings (SSSR count). The second-order valence-electron chi connectivity index (χ2n) is 6.05. The summed E-state index contributed by atoms with van der Waals surface area (Å²) in [5.74, 6) is -0.319. The third-order valence-corrected chi connectivity index (χ3v) is 3.73. The van der Waals surface area contributed by atoms with E-state index in [0.29, 0.717) is 12.2 Å². The Morgan fingerprint density at radius 3 is 2.52 bits per heavy atom. The van der Waals surface area contributed by atoms with E-state index >= 15 is 0 Å². The van der Waals surface area contributed by atoms with E-state index in [1.165, 1.54) is 6.07 Å². The van der Waals surface area contributed by atoms with Crippen molar-refractivity contribution in [3.8, 4) is 0 Å². The Morgan fingerprint density at radius 2 is 2.05 bits per heavy atom. The number of amidine groups is 1. The largest absolute Gasteiger partial charge is 0.416 e. The number of benzene rings is 1. The molecule has 1 aromatic rings. The minimum atomic E-state index is -4.46. The topological polar surface area (TPSA) is 61.8 Å². The van der Waals surface area contributed by atoms with Gasteiger partial charge in [0.25, 0.3) is 0 Å². The Morgan fingerprint density at radius 1 is 1.38 bits per heavy atom. The van der Waals surface area contributed by atoms with Gasteiger partial charge in [-0.05, 0) is 30.0 Å². The molecule has 0 atom stereocenters. The Balaban J connectivity index is 2.47. The number of halogens is 3.